The summed E-state index contributed by atoms with van der Waals surface area (Å²) in [5.74, 6) is 0.618. The van der Waals surface area contributed by atoms with Gasteiger partial charge in [-0.05, 0) is 55.4 Å². The van der Waals surface area contributed by atoms with Crippen molar-refractivity contribution in [2.24, 2.45) is 0 Å². The van der Waals surface area contributed by atoms with Gasteiger partial charge in [-0.1, -0.05) is 24.6 Å². The van der Waals surface area contributed by atoms with Gasteiger partial charge in [0.2, 0.25) is 10.7 Å². The smallest absolute Gasteiger partial charge is 0.246 e. The van der Waals surface area contributed by atoms with Crippen LogP contribution in [-0.2, 0) is 17.8 Å². The molecule has 0 spiro atoms. The fourth-order valence-electron chi connectivity index (χ4n) is 2.67. The minimum atomic E-state index is -0.202. The van der Waals surface area contributed by atoms with E-state index in [4.69, 9.17) is 23.8 Å². The number of amides is 1. The molecule has 26 heavy (non-hydrogen) atoms. The zero-order valence-electron chi connectivity index (χ0n) is 14.6. The molecular weight excluding hydrogens is 370 g/mol. The number of benzene rings is 1. The molecule has 0 atom stereocenters. The highest BCUT2D eigenvalue weighted by molar-refractivity contribution is 7.71. The van der Waals surface area contributed by atoms with Crippen molar-refractivity contribution in [2.75, 3.05) is 5.32 Å². The number of aryl methyl sites for hydroxylation is 2. The molecule has 1 N–H and O–H groups in total. The maximum atomic E-state index is 12.5. The molecule has 0 aliphatic carbocycles. The van der Waals surface area contributed by atoms with E-state index in [2.05, 4.69) is 17.3 Å². The van der Waals surface area contributed by atoms with Gasteiger partial charge in [-0.3, -0.25) is 9.47 Å². The fourth-order valence-corrected chi connectivity index (χ4v) is 3.15. The van der Waals surface area contributed by atoms with Crippen molar-refractivity contribution in [1.29, 1.82) is 0 Å². The van der Waals surface area contributed by atoms with Gasteiger partial charge in [0.15, 0.2) is 5.82 Å². The molecule has 0 unspecified atom stereocenters. The Bertz CT molecular complexity index is 974. The van der Waals surface area contributed by atoms with Crippen LogP contribution in [0.1, 0.15) is 24.7 Å². The minimum Gasteiger partial charge on any atom is -0.324 e. The summed E-state index contributed by atoms with van der Waals surface area (Å²) < 4.78 is 5.74. The number of hydrogen-bond acceptors (Lipinski definition) is 3. The molecule has 0 aliphatic heterocycles. The van der Waals surface area contributed by atoms with Crippen LogP contribution in [0.3, 0.4) is 0 Å². The first kappa shape index (κ1) is 18.4. The number of rotatable bonds is 6. The van der Waals surface area contributed by atoms with Crippen molar-refractivity contribution in [3.63, 3.8) is 0 Å². The Kier molecular flexibility index (Phi) is 5.58. The minimum absolute atomic E-state index is 0.0375. The molecule has 2 aromatic heterocycles. The number of hydrogen-bond donors (Lipinski definition) is 1. The highest BCUT2D eigenvalue weighted by Gasteiger charge is 2.14. The first-order valence-corrected chi connectivity index (χ1v) is 9.16. The number of nitrogens with one attached hydrogen (secondary N) is 1. The van der Waals surface area contributed by atoms with Crippen molar-refractivity contribution in [1.82, 2.24) is 19.1 Å². The van der Waals surface area contributed by atoms with Crippen LogP contribution >= 0.6 is 23.8 Å². The van der Waals surface area contributed by atoms with Gasteiger partial charge in [-0.2, -0.15) is 5.10 Å². The van der Waals surface area contributed by atoms with Crippen LogP contribution in [0.5, 0.6) is 0 Å². The second-order valence-corrected chi connectivity index (χ2v) is 6.79. The highest BCUT2D eigenvalue weighted by atomic mass is 35.5. The summed E-state index contributed by atoms with van der Waals surface area (Å²) >= 11 is 11.6. The van der Waals surface area contributed by atoms with Crippen LogP contribution < -0.4 is 5.32 Å². The molecular formula is C18H20ClN5OS. The van der Waals surface area contributed by atoms with Crippen LogP contribution in [0, 0.1) is 11.7 Å². The summed E-state index contributed by atoms with van der Waals surface area (Å²) in [5.41, 5.74) is 1.63. The normalized spacial score (nSPS) is 10.9. The Hall–Kier alpha value is -2.38. The van der Waals surface area contributed by atoms with Crippen LogP contribution in [0.25, 0.3) is 0 Å². The highest BCUT2D eigenvalue weighted by Crippen LogP contribution is 2.20. The molecule has 1 amide bonds. The van der Waals surface area contributed by atoms with Gasteiger partial charge in [-0.15, -0.1) is 0 Å². The van der Waals surface area contributed by atoms with Crippen molar-refractivity contribution in [3.05, 3.63) is 63.9 Å². The average Bonchev–Trinajstić information content (AvgIpc) is 3.20. The van der Waals surface area contributed by atoms with Gasteiger partial charge in [0, 0.05) is 29.5 Å². The van der Waals surface area contributed by atoms with Gasteiger partial charge >= 0.3 is 0 Å². The van der Waals surface area contributed by atoms with Gasteiger partial charge < -0.3 is 5.32 Å². The molecule has 0 radical (unpaired) electrons. The summed E-state index contributed by atoms with van der Waals surface area (Å²) in [6.07, 6.45) is 5.50. The lowest BCUT2D eigenvalue weighted by Crippen LogP contribution is -2.20. The second-order valence-electron chi connectivity index (χ2n) is 5.99. The van der Waals surface area contributed by atoms with Gasteiger partial charge in [-0.25, -0.2) is 9.36 Å². The van der Waals surface area contributed by atoms with Crippen LogP contribution in [0.4, 0.5) is 5.69 Å². The molecule has 1 aromatic carbocycles. The topological polar surface area (TPSA) is 56.8 Å². The zero-order valence-corrected chi connectivity index (χ0v) is 16.2. The molecule has 0 saturated heterocycles. The maximum absolute atomic E-state index is 12.5. The van der Waals surface area contributed by atoms with Crippen molar-refractivity contribution in [2.45, 2.75) is 33.2 Å². The quantitative estimate of drug-likeness (QED) is 0.646. The van der Waals surface area contributed by atoms with Gasteiger partial charge in [0.25, 0.3) is 0 Å². The van der Waals surface area contributed by atoms with Crippen molar-refractivity contribution in [3.8, 4) is 0 Å². The molecule has 3 aromatic rings. The fraction of sp³-hybridized carbons (Fsp3) is 0.278. The van der Waals surface area contributed by atoms with E-state index in [0.717, 1.165) is 24.2 Å². The Balaban J connectivity index is 1.86. The number of carbonyl (C=O) groups excluding carboxylic acids is 1. The lowest BCUT2D eigenvalue weighted by Gasteiger charge is -2.09. The molecule has 6 nitrogen and oxygen atoms in total. The monoisotopic (exact) mass is 389 g/mol. The average molecular weight is 390 g/mol. The first-order chi connectivity index (χ1) is 12.5. The van der Waals surface area contributed by atoms with Crippen LogP contribution in [0.15, 0.2) is 42.7 Å². The molecule has 0 saturated carbocycles. The summed E-state index contributed by atoms with van der Waals surface area (Å²) in [7, 11) is 0. The lowest BCUT2D eigenvalue weighted by atomic mass is 10.2. The van der Waals surface area contributed by atoms with E-state index in [0.29, 0.717) is 15.5 Å². The molecule has 3 rings (SSSR count). The summed E-state index contributed by atoms with van der Waals surface area (Å²) in [6.45, 7) is 4.03. The number of aromatic nitrogens is 4. The zero-order chi connectivity index (χ0) is 18.7. The number of anilines is 1. The standard InChI is InChI=1S/C18H20ClN5OS/c1-3-6-16-21-23(18(26)24(16)22-9-4-5-10-22)12-17(25)20-15-11-14(19)8-7-13(15)2/h4-5,7-11H,3,6,12H2,1-2H3,(H,20,25). The van der Waals surface area contributed by atoms with E-state index in [1.807, 2.05) is 46.9 Å². The third kappa shape index (κ3) is 3.89. The molecule has 2 heterocycles. The number of carbonyl (C=O) groups is 1. The van der Waals surface area contributed by atoms with Crippen molar-refractivity contribution < 1.29 is 4.79 Å². The summed E-state index contributed by atoms with van der Waals surface area (Å²) in [4.78, 5) is 12.5. The first-order valence-electron chi connectivity index (χ1n) is 8.38. The van der Waals surface area contributed by atoms with E-state index < -0.39 is 0 Å². The predicted molar refractivity (Wildman–Crippen MR) is 105 cm³/mol. The third-order valence-electron chi connectivity index (χ3n) is 3.94. The maximum Gasteiger partial charge on any atom is 0.246 e. The van der Waals surface area contributed by atoms with E-state index in [1.165, 1.54) is 0 Å². The van der Waals surface area contributed by atoms with E-state index in [1.54, 1.807) is 16.8 Å². The molecule has 8 heteroatoms. The summed E-state index contributed by atoms with van der Waals surface area (Å²) in [5, 5.41) is 7.99. The number of nitrogens with zero attached hydrogens (tertiary/aromatic N) is 4. The van der Waals surface area contributed by atoms with Gasteiger partial charge in [0.05, 0.1) is 0 Å². The predicted octanol–water partition coefficient (Wildman–Crippen LogP) is 4.08. The van der Waals surface area contributed by atoms with Crippen molar-refractivity contribution >= 4 is 35.4 Å². The second kappa shape index (κ2) is 7.88. The Morgan fingerprint density at radius 3 is 2.73 bits per heavy atom. The van der Waals surface area contributed by atoms with E-state index >= 15 is 0 Å². The molecule has 136 valence electrons. The van der Waals surface area contributed by atoms with Crippen LogP contribution in [-0.4, -0.2) is 25.0 Å². The lowest BCUT2D eigenvalue weighted by molar-refractivity contribution is -0.116. The SMILES string of the molecule is CCCc1nn(CC(=O)Nc2cc(Cl)ccc2C)c(=S)n1-n1cccc1. The Morgan fingerprint density at radius 2 is 2.04 bits per heavy atom. The molecule has 0 aliphatic rings. The largest absolute Gasteiger partial charge is 0.324 e. The Labute approximate surface area is 162 Å². The number of halogens is 1. The Morgan fingerprint density at radius 1 is 1.31 bits per heavy atom. The third-order valence-corrected chi connectivity index (χ3v) is 4.56. The molecule has 0 fully saturated rings. The molecule has 0 bridgehead atoms. The van der Waals surface area contributed by atoms with E-state index in [9.17, 15) is 4.79 Å². The van der Waals surface area contributed by atoms with Crippen LogP contribution in [0.2, 0.25) is 5.02 Å². The summed E-state index contributed by atoms with van der Waals surface area (Å²) in [6, 6.07) is 9.23. The van der Waals surface area contributed by atoms with E-state index in [-0.39, 0.29) is 12.5 Å². The van der Waals surface area contributed by atoms with Gasteiger partial charge in [0.1, 0.15) is 6.54 Å².